The maximum Gasteiger partial charge on any atom is 0.243 e. The lowest BCUT2D eigenvalue weighted by Crippen LogP contribution is -2.42. The van der Waals surface area contributed by atoms with Gasteiger partial charge in [0.1, 0.15) is 6.04 Å². The van der Waals surface area contributed by atoms with E-state index in [0.29, 0.717) is 30.5 Å². The van der Waals surface area contributed by atoms with Crippen LogP contribution in [0.5, 0.6) is 0 Å². The predicted molar refractivity (Wildman–Crippen MR) is 99.2 cm³/mol. The van der Waals surface area contributed by atoms with Crippen molar-refractivity contribution in [3.63, 3.8) is 0 Å². The van der Waals surface area contributed by atoms with E-state index in [1.165, 1.54) is 0 Å². The zero-order valence-corrected chi connectivity index (χ0v) is 14.3. The van der Waals surface area contributed by atoms with Crippen LogP contribution < -0.4 is 16.0 Å². The third kappa shape index (κ3) is 2.75. The molecule has 0 spiro atoms. The van der Waals surface area contributed by atoms with Gasteiger partial charge in [-0.1, -0.05) is 12.1 Å². The smallest absolute Gasteiger partial charge is 0.243 e. The standard InChI is InChI=1S/C17H17N9O/c27-16-13(9-18-5-6-19-16)23-17-22-12-4-2-1-3-11(12)15-24-14(25-26(15)17)10-7-20-21-8-10/h1-4,7-8,13,18H,5-6,9H2,(H,19,27)(H,20,21)(H,22,23)/t13-/m1/s1. The third-order valence-electron chi connectivity index (χ3n) is 4.50. The van der Waals surface area contributed by atoms with Gasteiger partial charge in [-0.3, -0.25) is 9.89 Å². The number of amides is 1. The number of hydrogen-bond donors (Lipinski definition) is 4. The van der Waals surface area contributed by atoms with Crippen molar-refractivity contribution < 1.29 is 4.79 Å². The number of carbonyl (C=O) groups is 1. The summed E-state index contributed by atoms with van der Waals surface area (Å²) in [6.07, 6.45) is 3.40. The molecule has 5 rings (SSSR count). The van der Waals surface area contributed by atoms with Gasteiger partial charge in [0.05, 0.1) is 17.3 Å². The lowest BCUT2D eigenvalue weighted by atomic mass is 10.2. The molecule has 0 radical (unpaired) electrons. The summed E-state index contributed by atoms with van der Waals surface area (Å²) >= 11 is 0. The number of carbonyl (C=O) groups excluding carboxylic acids is 1. The Morgan fingerprint density at radius 2 is 2.11 bits per heavy atom. The molecule has 10 heteroatoms. The molecule has 1 fully saturated rings. The summed E-state index contributed by atoms with van der Waals surface area (Å²) in [6.45, 7) is 1.84. The lowest BCUT2D eigenvalue weighted by molar-refractivity contribution is -0.121. The summed E-state index contributed by atoms with van der Waals surface area (Å²) in [5.41, 5.74) is 2.23. The van der Waals surface area contributed by atoms with Crippen LogP contribution in [-0.4, -0.2) is 61.4 Å². The molecule has 0 saturated carbocycles. The van der Waals surface area contributed by atoms with Gasteiger partial charge in [-0.25, -0.2) is 9.97 Å². The molecule has 4 heterocycles. The Labute approximate surface area is 153 Å². The minimum Gasteiger partial charge on any atom is -0.353 e. The fourth-order valence-electron chi connectivity index (χ4n) is 3.15. The third-order valence-corrected chi connectivity index (χ3v) is 4.50. The van der Waals surface area contributed by atoms with E-state index in [4.69, 9.17) is 0 Å². The highest BCUT2D eigenvalue weighted by molar-refractivity contribution is 5.93. The van der Waals surface area contributed by atoms with E-state index in [9.17, 15) is 4.79 Å². The van der Waals surface area contributed by atoms with Gasteiger partial charge >= 0.3 is 0 Å². The van der Waals surface area contributed by atoms with Crippen LogP contribution in [-0.2, 0) is 4.79 Å². The number of aromatic amines is 1. The molecule has 0 aliphatic carbocycles. The summed E-state index contributed by atoms with van der Waals surface area (Å²) in [5.74, 6) is 0.932. The van der Waals surface area contributed by atoms with Crippen molar-refractivity contribution in [3.05, 3.63) is 36.7 Å². The fourth-order valence-corrected chi connectivity index (χ4v) is 3.15. The summed E-state index contributed by atoms with van der Waals surface area (Å²) in [6, 6.07) is 7.27. The van der Waals surface area contributed by atoms with Crippen molar-refractivity contribution in [2.24, 2.45) is 0 Å². The van der Waals surface area contributed by atoms with Gasteiger partial charge in [0.15, 0.2) is 11.5 Å². The largest absolute Gasteiger partial charge is 0.353 e. The van der Waals surface area contributed by atoms with E-state index in [-0.39, 0.29) is 5.91 Å². The van der Waals surface area contributed by atoms with Crippen LogP contribution in [0.3, 0.4) is 0 Å². The number of para-hydroxylation sites is 1. The summed E-state index contributed by atoms with van der Waals surface area (Å²) < 4.78 is 1.64. The number of fused-ring (bicyclic) bond motifs is 3. The molecule has 1 atom stereocenters. The zero-order valence-electron chi connectivity index (χ0n) is 14.3. The minimum absolute atomic E-state index is 0.0710. The molecule has 1 aromatic carbocycles. The maximum atomic E-state index is 12.3. The van der Waals surface area contributed by atoms with Gasteiger partial charge in [-0.2, -0.15) is 9.61 Å². The number of H-pyrrole nitrogens is 1. The Morgan fingerprint density at radius 1 is 1.19 bits per heavy atom. The van der Waals surface area contributed by atoms with E-state index < -0.39 is 6.04 Å². The molecule has 3 aromatic heterocycles. The lowest BCUT2D eigenvalue weighted by Gasteiger charge is -2.16. The number of aromatic nitrogens is 6. The molecule has 1 amide bonds. The molecule has 0 unspecified atom stereocenters. The van der Waals surface area contributed by atoms with Crippen molar-refractivity contribution >= 4 is 28.4 Å². The first kappa shape index (κ1) is 15.7. The number of anilines is 1. The van der Waals surface area contributed by atoms with Gasteiger partial charge in [-0.15, -0.1) is 5.10 Å². The van der Waals surface area contributed by atoms with Crippen molar-refractivity contribution in [3.8, 4) is 11.4 Å². The van der Waals surface area contributed by atoms with Crippen molar-refractivity contribution in [2.75, 3.05) is 25.0 Å². The number of nitrogens with one attached hydrogen (secondary N) is 4. The van der Waals surface area contributed by atoms with Crippen LogP contribution in [0.15, 0.2) is 36.7 Å². The zero-order chi connectivity index (χ0) is 18.2. The molecular weight excluding hydrogens is 346 g/mol. The number of rotatable bonds is 3. The Kier molecular flexibility index (Phi) is 3.68. The second-order valence-corrected chi connectivity index (χ2v) is 6.30. The number of hydrogen-bond acceptors (Lipinski definition) is 7. The van der Waals surface area contributed by atoms with Crippen LogP contribution in [0.4, 0.5) is 5.95 Å². The highest BCUT2D eigenvalue weighted by atomic mass is 16.2. The average Bonchev–Trinajstić information content (AvgIpc) is 3.32. The van der Waals surface area contributed by atoms with Crippen molar-refractivity contribution in [1.82, 2.24) is 40.4 Å². The predicted octanol–water partition coefficient (Wildman–Crippen LogP) is 0.167. The Hall–Kier alpha value is -3.53. The Morgan fingerprint density at radius 3 is 3.00 bits per heavy atom. The van der Waals surface area contributed by atoms with E-state index in [1.807, 2.05) is 24.3 Å². The van der Waals surface area contributed by atoms with Gasteiger partial charge in [-0.05, 0) is 12.1 Å². The number of nitrogens with zero attached hydrogens (tertiary/aromatic N) is 5. The topological polar surface area (TPSA) is 125 Å². The maximum absolute atomic E-state index is 12.3. The van der Waals surface area contributed by atoms with Gasteiger partial charge < -0.3 is 16.0 Å². The quantitative estimate of drug-likeness (QED) is 0.409. The van der Waals surface area contributed by atoms with Crippen LogP contribution >= 0.6 is 0 Å². The monoisotopic (exact) mass is 363 g/mol. The van der Waals surface area contributed by atoms with E-state index in [1.54, 1.807) is 16.9 Å². The average molecular weight is 363 g/mol. The van der Waals surface area contributed by atoms with Gasteiger partial charge in [0, 0.05) is 31.2 Å². The van der Waals surface area contributed by atoms with E-state index >= 15 is 0 Å². The molecule has 1 saturated heterocycles. The second-order valence-electron chi connectivity index (χ2n) is 6.30. The molecule has 1 aliphatic heterocycles. The van der Waals surface area contributed by atoms with E-state index in [0.717, 1.165) is 23.0 Å². The van der Waals surface area contributed by atoms with E-state index in [2.05, 4.69) is 41.2 Å². The van der Waals surface area contributed by atoms with Crippen LogP contribution in [0.25, 0.3) is 27.9 Å². The molecule has 4 N–H and O–H groups in total. The molecule has 27 heavy (non-hydrogen) atoms. The first-order valence-corrected chi connectivity index (χ1v) is 8.69. The fraction of sp³-hybridized carbons (Fsp3) is 0.235. The highest BCUT2D eigenvalue weighted by Crippen LogP contribution is 2.24. The summed E-state index contributed by atoms with van der Waals surface area (Å²) in [5, 5.41) is 21.5. The molecule has 1 aliphatic rings. The van der Waals surface area contributed by atoms with Gasteiger partial charge in [0.25, 0.3) is 0 Å². The van der Waals surface area contributed by atoms with Crippen LogP contribution in [0.1, 0.15) is 0 Å². The summed E-state index contributed by atoms with van der Waals surface area (Å²) in [4.78, 5) is 21.7. The summed E-state index contributed by atoms with van der Waals surface area (Å²) in [7, 11) is 0. The molecule has 136 valence electrons. The molecule has 4 aromatic rings. The van der Waals surface area contributed by atoms with Crippen LogP contribution in [0, 0.1) is 0 Å². The van der Waals surface area contributed by atoms with Crippen molar-refractivity contribution in [2.45, 2.75) is 6.04 Å². The minimum atomic E-state index is -0.453. The second kappa shape index (κ2) is 6.32. The first-order chi connectivity index (χ1) is 13.3. The molecule has 10 nitrogen and oxygen atoms in total. The number of benzene rings is 1. The van der Waals surface area contributed by atoms with Crippen molar-refractivity contribution in [1.29, 1.82) is 0 Å². The Bertz CT molecular complexity index is 1120. The normalized spacial score (nSPS) is 17.8. The molecular formula is C17H17N9O. The van der Waals surface area contributed by atoms with Crippen LogP contribution in [0.2, 0.25) is 0 Å². The first-order valence-electron chi connectivity index (χ1n) is 8.69. The Balaban J connectivity index is 1.66. The molecule has 0 bridgehead atoms. The van der Waals surface area contributed by atoms with Gasteiger partial charge in [0.2, 0.25) is 11.9 Å². The highest BCUT2D eigenvalue weighted by Gasteiger charge is 2.23. The SMILES string of the molecule is O=C1NCCNC[C@H]1Nc1nc2ccccc2c2nc(-c3cn[nH]c3)nn12.